The van der Waals surface area contributed by atoms with E-state index in [2.05, 4.69) is 208 Å². The van der Waals surface area contributed by atoms with Gasteiger partial charge in [0.2, 0.25) is 0 Å². The lowest BCUT2D eigenvalue weighted by molar-refractivity contribution is 0.397. The fourth-order valence-corrected chi connectivity index (χ4v) is 18.6. The minimum Gasteiger partial charge on any atom is -0.656 e. The Hall–Kier alpha value is -5.05. The van der Waals surface area contributed by atoms with Gasteiger partial charge in [0, 0.05) is 22.3 Å². The third-order valence-corrected chi connectivity index (χ3v) is 20.0. The van der Waals surface area contributed by atoms with Gasteiger partial charge in [-0.3, -0.25) is 0 Å². The summed E-state index contributed by atoms with van der Waals surface area (Å²) >= 11 is 0. The van der Waals surface area contributed by atoms with Gasteiger partial charge in [-0.05, 0) is 118 Å². The molecule has 62 heavy (non-hydrogen) atoms. The molecule has 9 rings (SSSR count). The third-order valence-electron chi connectivity index (χ3n) is 13.0. The van der Waals surface area contributed by atoms with E-state index >= 15 is 0 Å². The van der Waals surface area contributed by atoms with Crippen molar-refractivity contribution in [2.24, 2.45) is 0 Å². The second-order valence-electron chi connectivity index (χ2n) is 22.5. The van der Waals surface area contributed by atoms with Crippen molar-refractivity contribution in [3.63, 3.8) is 0 Å². The summed E-state index contributed by atoms with van der Waals surface area (Å²) in [6.45, 7) is 36.3. The smallest absolute Gasteiger partial charge is 0.305 e. The molecule has 4 nitrogen and oxygen atoms in total. The van der Waals surface area contributed by atoms with Gasteiger partial charge in [0.15, 0.2) is 0 Å². The SMILES string of the molecule is Cc1cc2c(c(C(C)(C)C)c1)O[Si-]1(Oc3c-2cc(C)cc3C(C)(C)C)c2ccccc2[Si-]2(Oc3c(cc(C)cc3C(C)(C)C)-c3cc(C)cc(C(C)(C)C)c3O2)c2ccccc21. The maximum Gasteiger partial charge on any atom is 0.305 e. The van der Waals surface area contributed by atoms with Crippen LogP contribution in [0, 0.1) is 27.7 Å². The molecule has 3 heterocycles. The van der Waals surface area contributed by atoms with Gasteiger partial charge in [0.25, 0.3) is 0 Å². The number of rotatable bonds is 0. The standard InChI is InChI=1S/C56H64O4Si2/c1-33-25-37-38-26-34(2)30-42(54(8,9)10)50(38)58-61(57-49(37)41(29-33)53(5,6)7)45-21-17-19-23-47(45)62(48-24-20-18-22-46(48)61)59-51-39(27-35(3)31-43(51)55(11,12)13)40-28-36(4)32-44(52(40)60-62)56(14,15)16/h17-32H,1-16H3/q-2. The Kier molecular flexibility index (Phi) is 9.36. The molecule has 0 radical (unpaired) electrons. The normalized spacial score (nSPS) is 15.9. The molecule has 3 aliphatic heterocycles. The number of aryl methyl sites for hydroxylation is 4. The summed E-state index contributed by atoms with van der Waals surface area (Å²) in [5.74, 6) is 3.59. The predicted octanol–water partition coefficient (Wildman–Crippen LogP) is 11.8. The zero-order valence-electron chi connectivity index (χ0n) is 39.9. The van der Waals surface area contributed by atoms with Crippen molar-refractivity contribution >= 4 is 37.9 Å². The van der Waals surface area contributed by atoms with E-state index in [9.17, 15) is 0 Å². The van der Waals surface area contributed by atoms with Crippen LogP contribution in [0.25, 0.3) is 22.3 Å². The Morgan fingerprint density at radius 3 is 0.677 bits per heavy atom. The molecular weight excluding hydrogens is 793 g/mol. The van der Waals surface area contributed by atoms with E-state index in [-0.39, 0.29) is 21.7 Å². The van der Waals surface area contributed by atoms with E-state index in [1.807, 2.05) is 0 Å². The van der Waals surface area contributed by atoms with E-state index in [1.54, 1.807) is 0 Å². The second kappa shape index (κ2) is 13.7. The molecule has 0 atom stereocenters. The Bertz CT molecular complexity index is 2450. The lowest BCUT2D eigenvalue weighted by Gasteiger charge is -2.59. The van der Waals surface area contributed by atoms with Crippen LogP contribution in [-0.2, 0) is 21.7 Å². The van der Waals surface area contributed by atoms with Crippen molar-refractivity contribution in [2.45, 2.75) is 132 Å². The summed E-state index contributed by atoms with van der Waals surface area (Å²) in [5.41, 5.74) is 12.9. The van der Waals surface area contributed by atoms with Crippen LogP contribution in [0.5, 0.6) is 23.0 Å². The van der Waals surface area contributed by atoms with Crippen molar-refractivity contribution < 1.29 is 17.7 Å². The van der Waals surface area contributed by atoms with Crippen LogP contribution < -0.4 is 38.5 Å². The number of hydrogen-bond acceptors (Lipinski definition) is 4. The lowest BCUT2D eigenvalue weighted by Crippen LogP contribution is -2.88. The average Bonchev–Trinajstić information content (AvgIpc) is 3.40. The van der Waals surface area contributed by atoms with E-state index in [0.717, 1.165) is 66.0 Å². The number of hydrogen-bond donors (Lipinski definition) is 0. The van der Waals surface area contributed by atoms with Crippen LogP contribution in [0.4, 0.5) is 0 Å². The highest BCUT2D eigenvalue weighted by molar-refractivity contribution is 7.10. The summed E-state index contributed by atoms with van der Waals surface area (Å²) in [4.78, 5) is 0. The van der Waals surface area contributed by atoms with Gasteiger partial charge in [-0.15, -0.1) is 20.7 Å². The van der Waals surface area contributed by atoms with E-state index in [4.69, 9.17) is 17.7 Å². The molecule has 0 bridgehead atoms. The summed E-state index contributed by atoms with van der Waals surface area (Å²) in [6.07, 6.45) is 0. The van der Waals surface area contributed by atoms with Gasteiger partial charge in [0.05, 0.1) is 23.0 Å². The third kappa shape index (κ3) is 6.49. The highest BCUT2D eigenvalue weighted by Gasteiger charge is 2.51. The average molecular weight is 857 g/mol. The van der Waals surface area contributed by atoms with Crippen LogP contribution in [0.2, 0.25) is 0 Å². The molecule has 6 heteroatoms. The Morgan fingerprint density at radius 2 is 0.500 bits per heavy atom. The Balaban J connectivity index is 1.45. The molecule has 0 unspecified atom stereocenters. The summed E-state index contributed by atoms with van der Waals surface area (Å²) in [5, 5.41) is 4.13. The Morgan fingerprint density at radius 1 is 0.306 bits per heavy atom. The highest BCUT2D eigenvalue weighted by atomic mass is 28.4. The molecule has 0 fully saturated rings. The van der Waals surface area contributed by atoms with Crippen LogP contribution in [0.15, 0.2) is 97.1 Å². The molecule has 2 spiro atoms. The largest absolute Gasteiger partial charge is 0.656 e. The maximum absolute atomic E-state index is 8.06. The fourth-order valence-electron chi connectivity index (χ4n) is 10.0. The first kappa shape index (κ1) is 42.3. The van der Waals surface area contributed by atoms with E-state index in [1.165, 1.54) is 44.5 Å². The molecule has 0 aromatic heterocycles. The Labute approximate surface area is 373 Å². The molecule has 0 aliphatic carbocycles. The van der Waals surface area contributed by atoms with Crippen molar-refractivity contribution in [2.75, 3.05) is 0 Å². The molecule has 0 saturated carbocycles. The van der Waals surface area contributed by atoms with Gasteiger partial charge >= 0.3 is 17.1 Å². The van der Waals surface area contributed by atoms with Gasteiger partial charge in [0.1, 0.15) is 0 Å². The first-order valence-electron chi connectivity index (χ1n) is 22.4. The van der Waals surface area contributed by atoms with Gasteiger partial charge < -0.3 is 17.7 Å². The molecule has 6 aromatic carbocycles. The summed E-state index contributed by atoms with van der Waals surface area (Å²) in [6, 6.07) is 36.1. The van der Waals surface area contributed by atoms with Crippen LogP contribution in [0.3, 0.4) is 0 Å². The van der Waals surface area contributed by atoms with Gasteiger partial charge in [-0.2, -0.15) is 0 Å². The number of benzene rings is 6. The van der Waals surface area contributed by atoms with Gasteiger partial charge in [-0.25, -0.2) is 0 Å². The lowest BCUT2D eigenvalue weighted by atomic mass is 9.80. The maximum atomic E-state index is 8.06. The first-order valence-corrected chi connectivity index (χ1v) is 26.0. The zero-order valence-corrected chi connectivity index (χ0v) is 41.9. The topological polar surface area (TPSA) is 36.9 Å². The minimum absolute atomic E-state index is 0.222. The summed E-state index contributed by atoms with van der Waals surface area (Å²) in [7, 11) is -7.54. The molecular formula is C56H64O4Si2-2. The van der Waals surface area contributed by atoms with Crippen molar-refractivity contribution in [3.05, 3.63) is 142 Å². The van der Waals surface area contributed by atoms with Gasteiger partial charge in [-0.1, -0.05) is 156 Å². The quantitative estimate of drug-likeness (QED) is 0.143. The van der Waals surface area contributed by atoms with Crippen molar-refractivity contribution in [1.29, 1.82) is 0 Å². The van der Waals surface area contributed by atoms with Crippen LogP contribution in [0.1, 0.15) is 128 Å². The van der Waals surface area contributed by atoms with E-state index < -0.39 is 17.1 Å². The van der Waals surface area contributed by atoms with Crippen LogP contribution >= 0.6 is 0 Å². The monoisotopic (exact) mass is 856 g/mol. The molecule has 0 saturated heterocycles. The number of fused-ring (bicyclic) bond motifs is 12. The molecule has 3 aliphatic rings. The molecule has 322 valence electrons. The second-order valence-corrected chi connectivity index (χ2v) is 27.9. The van der Waals surface area contributed by atoms with E-state index in [0.29, 0.717) is 0 Å². The molecule has 0 amide bonds. The minimum atomic E-state index is -3.77. The predicted molar refractivity (Wildman–Crippen MR) is 263 cm³/mol. The van der Waals surface area contributed by atoms with Crippen molar-refractivity contribution in [3.8, 4) is 45.3 Å². The van der Waals surface area contributed by atoms with Crippen LogP contribution in [-0.4, -0.2) is 17.1 Å². The molecule has 6 aromatic rings. The molecule has 0 N–H and O–H groups in total. The highest BCUT2D eigenvalue weighted by Crippen LogP contribution is 2.53. The fraction of sp³-hybridized carbons (Fsp3) is 0.357. The summed E-state index contributed by atoms with van der Waals surface area (Å²) < 4.78 is 32.2. The van der Waals surface area contributed by atoms with Crippen molar-refractivity contribution in [1.82, 2.24) is 0 Å². The zero-order chi connectivity index (χ0) is 44.7. The first-order chi connectivity index (χ1) is 28.8.